The molecule has 2 heteroatoms. The smallest absolute Gasteiger partial charge is 0.194 e. The van der Waals surface area contributed by atoms with E-state index in [0.29, 0.717) is 10.6 Å². The van der Waals surface area contributed by atoms with E-state index in [1.165, 1.54) is 0 Å². The van der Waals surface area contributed by atoms with Gasteiger partial charge in [0.25, 0.3) is 0 Å². The molecule has 20 heavy (non-hydrogen) atoms. The van der Waals surface area contributed by atoms with Crippen LogP contribution in [0, 0.1) is 0 Å². The monoisotopic (exact) mass is 282 g/mol. The van der Waals surface area contributed by atoms with Gasteiger partial charge in [0, 0.05) is 16.1 Å². The van der Waals surface area contributed by atoms with Crippen molar-refractivity contribution in [1.82, 2.24) is 0 Å². The number of allylic oxidation sites excluding steroid dienone is 1. The molecule has 0 amide bonds. The Kier molecular flexibility index (Phi) is 3.45. The van der Waals surface area contributed by atoms with Crippen LogP contribution in [0.4, 0.5) is 0 Å². The zero-order valence-corrected chi connectivity index (χ0v) is 12.1. The average Bonchev–Trinajstić information content (AvgIpc) is 2.48. The number of ketones is 1. The Morgan fingerprint density at radius 1 is 1.00 bits per heavy atom. The van der Waals surface area contributed by atoms with E-state index in [1.807, 2.05) is 36.4 Å². The van der Waals surface area contributed by atoms with Crippen LogP contribution in [0.3, 0.4) is 0 Å². The lowest BCUT2D eigenvalue weighted by Crippen LogP contribution is -2.14. The summed E-state index contributed by atoms with van der Waals surface area (Å²) in [5.74, 6) is 0.0618. The predicted molar refractivity (Wildman–Crippen MR) is 83.3 cm³/mol. The molecule has 0 bridgehead atoms. The van der Waals surface area contributed by atoms with Gasteiger partial charge < -0.3 is 0 Å². The molecule has 1 nitrogen and oxygen atoms in total. The number of carbonyl (C=O) groups is 1. The van der Waals surface area contributed by atoms with E-state index in [2.05, 4.69) is 13.0 Å². The van der Waals surface area contributed by atoms with Crippen molar-refractivity contribution in [2.75, 3.05) is 0 Å². The van der Waals surface area contributed by atoms with E-state index in [-0.39, 0.29) is 5.78 Å². The van der Waals surface area contributed by atoms with Crippen LogP contribution in [0.25, 0.3) is 5.57 Å². The Bertz CT molecular complexity index is 713. The number of carbonyl (C=O) groups excluding carboxylic acids is 1. The number of halogens is 1. The highest BCUT2D eigenvalue weighted by Crippen LogP contribution is 2.37. The van der Waals surface area contributed by atoms with E-state index < -0.39 is 0 Å². The number of benzene rings is 2. The third-order valence-corrected chi connectivity index (χ3v) is 3.85. The fourth-order valence-corrected chi connectivity index (χ4v) is 2.83. The minimum Gasteiger partial charge on any atom is -0.289 e. The summed E-state index contributed by atoms with van der Waals surface area (Å²) in [6, 6.07) is 13.4. The molecule has 0 spiro atoms. The van der Waals surface area contributed by atoms with Gasteiger partial charge >= 0.3 is 0 Å². The minimum absolute atomic E-state index is 0.0618. The van der Waals surface area contributed by atoms with Crippen molar-refractivity contribution < 1.29 is 4.79 Å². The molecule has 2 aromatic rings. The standard InChI is InChI=1S/C18H15ClO/c1-2-3-6-13-14-7-4-5-8-16(14)18(20)17-11-12(19)9-10-15(13)17/h4-11H,2-3H2,1H3/b13-6-. The van der Waals surface area contributed by atoms with Crippen LogP contribution in [0.2, 0.25) is 5.02 Å². The van der Waals surface area contributed by atoms with E-state index in [1.54, 1.807) is 6.07 Å². The van der Waals surface area contributed by atoms with Crippen LogP contribution < -0.4 is 0 Å². The molecule has 0 aromatic heterocycles. The predicted octanol–water partition coefficient (Wildman–Crippen LogP) is 5.12. The Hall–Kier alpha value is -1.86. The molecule has 0 aliphatic heterocycles. The van der Waals surface area contributed by atoms with Gasteiger partial charge in [-0.15, -0.1) is 0 Å². The first kappa shape index (κ1) is 13.1. The molecule has 0 fully saturated rings. The quantitative estimate of drug-likeness (QED) is 0.638. The zero-order chi connectivity index (χ0) is 14.1. The summed E-state index contributed by atoms with van der Waals surface area (Å²) < 4.78 is 0. The highest BCUT2D eigenvalue weighted by Gasteiger charge is 2.26. The van der Waals surface area contributed by atoms with Gasteiger partial charge in [0.05, 0.1) is 0 Å². The van der Waals surface area contributed by atoms with Crippen LogP contribution >= 0.6 is 11.6 Å². The van der Waals surface area contributed by atoms with Crippen molar-refractivity contribution >= 4 is 23.0 Å². The van der Waals surface area contributed by atoms with Gasteiger partial charge in [-0.2, -0.15) is 0 Å². The molecule has 0 unspecified atom stereocenters. The number of rotatable bonds is 2. The summed E-state index contributed by atoms with van der Waals surface area (Å²) in [5.41, 5.74) is 4.64. The molecule has 0 atom stereocenters. The maximum atomic E-state index is 12.6. The largest absolute Gasteiger partial charge is 0.289 e. The van der Waals surface area contributed by atoms with Crippen molar-refractivity contribution in [2.45, 2.75) is 19.8 Å². The van der Waals surface area contributed by atoms with E-state index in [0.717, 1.165) is 35.1 Å². The minimum atomic E-state index is 0.0618. The maximum absolute atomic E-state index is 12.6. The van der Waals surface area contributed by atoms with Crippen LogP contribution in [0.5, 0.6) is 0 Å². The number of fused-ring (bicyclic) bond motifs is 2. The topological polar surface area (TPSA) is 17.1 Å². The van der Waals surface area contributed by atoms with Gasteiger partial charge in [0.15, 0.2) is 5.78 Å². The normalized spacial score (nSPS) is 15.1. The molecule has 1 aliphatic carbocycles. The van der Waals surface area contributed by atoms with Crippen LogP contribution in [0.1, 0.15) is 46.8 Å². The fraction of sp³-hybridized carbons (Fsp3) is 0.167. The lowest BCUT2D eigenvalue weighted by Gasteiger charge is -2.22. The molecular weight excluding hydrogens is 268 g/mol. The van der Waals surface area contributed by atoms with Crippen molar-refractivity contribution in [3.05, 3.63) is 75.8 Å². The van der Waals surface area contributed by atoms with Gasteiger partial charge in [-0.3, -0.25) is 4.79 Å². The van der Waals surface area contributed by atoms with Gasteiger partial charge in [0.1, 0.15) is 0 Å². The van der Waals surface area contributed by atoms with E-state index in [9.17, 15) is 4.79 Å². The zero-order valence-electron chi connectivity index (χ0n) is 11.3. The third kappa shape index (κ3) is 2.08. The lowest BCUT2D eigenvalue weighted by molar-refractivity contribution is 0.103. The summed E-state index contributed by atoms with van der Waals surface area (Å²) >= 11 is 6.05. The van der Waals surface area contributed by atoms with Crippen molar-refractivity contribution in [3.63, 3.8) is 0 Å². The second kappa shape index (κ2) is 5.26. The molecular formula is C18H15ClO. The Labute approximate surface area is 123 Å². The number of unbranched alkanes of at least 4 members (excludes halogenated alkanes) is 1. The molecule has 0 radical (unpaired) electrons. The van der Waals surface area contributed by atoms with Crippen molar-refractivity contribution in [3.8, 4) is 0 Å². The van der Waals surface area contributed by atoms with Gasteiger partial charge in [-0.1, -0.05) is 61.4 Å². The van der Waals surface area contributed by atoms with Crippen LogP contribution in [-0.4, -0.2) is 5.78 Å². The van der Waals surface area contributed by atoms with Crippen LogP contribution in [0.15, 0.2) is 48.5 Å². The van der Waals surface area contributed by atoms with E-state index in [4.69, 9.17) is 11.6 Å². The first-order valence-electron chi connectivity index (χ1n) is 6.86. The Morgan fingerprint density at radius 2 is 1.70 bits per heavy atom. The van der Waals surface area contributed by atoms with Crippen LogP contribution in [-0.2, 0) is 0 Å². The van der Waals surface area contributed by atoms with E-state index >= 15 is 0 Å². The maximum Gasteiger partial charge on any atom is 0.194 e. The second-order valence-corrected chi connectivity index (χ2v) is 5.41. The van der Waals surface area contributed by atoms with Crippen molar-refractivity contribution in [1.29, 1.82) is 0 Å². The highest BCUT2D eigenvalue weighted by molar-refractivity contribution is 6.31. The molecule has 1 aliphatic rings. The summed E-state index contributed by atoms with van der Waals surface area (Å²) in [6.45, 7) is 2.15. The lowest BCUT2D eigenvalue weighted by atomic mass is 9.81. The first-order valence-corrected chi connectivity index (χ1v) is 7.24. The van der Waals surface area contributed by atoms with Gasteiger partial charge in [-0.05, 0) is 35.3 Å². The average molecular weight is 283 g/mol. The highest BCUT2D eigenvalue weighted by atomic mass is 35.5. The fourth-order valence-electron chi connectivity index (χ4n) is 2.65. The summed E-state index contributed by atoms with van der Waals surface area (Å²) in [6.07, 6.45) is 4.31. The summed E-state index contributed by atoms with van der Waals surface area (Å²) in [5, 5.41) is 0.603. The number of hydrogen-bond acceptors (Lipinski definition) is 1. The molecule has 2 aromatic carbocycles. The molecule has 100 valence electrons. The second-order valence-electron chi connectivity index (χ2n) is 4.97. The van der Waals surface area contributed by atoms with Gasteiger partial charge in [-0.25, -0.2) is 0 Å². The SMILES string of the molecule is CCC/C=C1/c2ccccc2C(=O)c2cc(Cl)ccc21. The molecule has 0 saturated heterocycles. The van der Waals surface area contributed by atoms with Gasteiger partial charge in [0.2, 0.25) is 0 Å². The van der Waals surface area contributed by atoms with Crippen molar-refractivity contribution in [2.24, 2.45) is 0 Å². The summed E-state index contributed by atoms with van der Waals surface area (Å²) in [7, 11) is 0. The first-order chi connectivity index (χ1) is 9.72. The molecule has 0 N–H and O–H groups in total. The molecule has 0 heterocycles. The molecule has 0 saturated carbocycles. The Balaban J connectivity index is 2.27. The Morgan fingerprint density at radius 3 is 2.45 bits per heavy atom. The number of hydrogen-bond donors (Lipinski definition) is 0. The third-order valence-electron chi connectivity index (χ3n) is 3.62. The summed E-state index contributed by atoms with van der Waals surface area (Å²) in [4.78, 5) is 12.6. The molecule has 3 rings (SSSR count).